The van der Waals surface area contributed by atoms with Gasteiger partial charge >= 0.3 is 17.9 Å². The maximum atomic E-state index is 12.8. The number of carbonyl (C=O) groups is 4. The molecule has 11 heteroatoms. The monoisotopic (exact) mass is 655 g/mol. The van der Waals surface area contributed by atoms with Crippen molar-refractivity contribution in [3.63, 3.8) is 0 Å². The van der Waals surface area contributed by atoms with Gasteiger partial charge in [-0.3, -0.25) is 14.4 Å². The fraction of sp³-hybridized carbons (Fsp3) is 0.882. The number of hydrogen-bond acceptors (Lipinski definition) is 8. The SMILES string of the molecule is CC(=O)CC[C@@H](C)C1CCC2C3C(CC[C@@]21C)[C@@]1(C)CC[C@@H](OC(=O)CC[P+](O)(O)CC(CCC(=O)O)C(=O)O)C[C@H]1C[C@@H]3O. The highest BCUT2D eigenvalue weighted by molar-refractivity contribution is 7.64. The molecule has 0 aromatic rings. The van der Waals surface area contributed by atoms with Crippen molar-refractivity contribution in [3.8, 4) is 0 Å². The summed E-state index contributed by atoms with van der Waals surface area (Å²) in [5.41, 5.74) is 0.247. The molecular weight excluding hydrogens is 599 g/mol. The third kappa shape index (κ3) is 8.10. The number of esters is 1. The molecule has 0 bridgehead atoms. The van der Waals surface area contributed by atoms with E-state index in [4.69, 9.17) is 9.84 Å². The zero-order valence-electron chi connectivity index (χ0n) is 27.5. The van der Waals surface area contributed by atoms with Crippen LogP contribution in [0.25, 0.3) is 0 Å². The van der Waals surface area contributed by atoms with Gasteiger partial charge in [0.25, 0.3) is 7.72 Å². The first-order valence-electron chi connectivity index (χ1n) is 17.1. The van der Waals surface area contributed by atoms with E-state index in [-0.39, 0.29) is 60.0 Å². The van der Waals surface area contributed by atoms with Gasteiger partial charge in [0.2, 0.25) is 0 Å². The summed E-state index contributed by atoms with van der Waals surface area (Å²) in [6, 6.07) is 0. The van der Waals surface area contributed by atoms with E-state index in [1.807, 2.05) is 0 Å². The average Bonchev–Trinajstić information content (AvgIpc) is 3.30. The van der Waals surface area contributed by atoms with E-state index < -0.39 is 43.8 Å². The number of carbonyl (C=O) groups excluding carboxylic acids is 2. The third-order valence-corrected chi connectivity index (χ3v) is 14.9. The van der Waals surface area contributed by atoms with E-state index in [0.717, 1.165) is 38.5 Å². The van der Waals surface area contributed by atoms with Crippen molar-refractivity contribution in [2.24, 2.45) is 52.3 Å². The zero-order valence-corrected chi connectivity index (χ0v) is 28.4. The number of fused-ring (bicyclic) bond motifs is 5. The first-order valence-corrected chi connectivity index (χ1v) is 19.2. The van der Waals surface area contributed by atoms with E-state index in [1.165, 1.54) is 6.42 Å². The maximum absolute atomic E-state index is 12.8. The molecule has 0 aromatic heterocycles. The molecule has 256 valence electrons. The van der Waals surface area contributed by atoms with Gasteiger partial charge in [-0.15, -0.1) is 0 Å². The van der Waals surface area contributed by atoms with Gasteiger partial charge in [-0.05, 0) is 117 Å². The van der Waals surface area contributed by atoms with Crippen molar-refractivity contribution in [2.75, 3.05) is 12.3 Å². The van der Waals surface area contributed by atoms with Crippen molar-refractivity contribution in [1.82, 2.24) is 0 Å². The summed E-state index contributed by atoms with van der Waals surface area (Å²) >= 11 is 0. The first kappa shape index (κ1) is 36.2. The number of ketones is 1. The van der Waals surface area contributed by atoms with Crippen molar-refractivity contribution < 1.29 is 49.0 Å². The summed E-state index contributed by atoms with van der Waals surface area (Å²) in [4.78, 5) is 67.7. The van der Waals surface area contributed by atoms with E-state index in [0.29, 0.717) is 42.9 Å². The van der Waals surface area contributed by atoms with Crippen LogP contribution in [0.15, 0.2) is 0 Å². The molecule has 0 aromatic carbocycles. The molecular formula is C34H56O10P+. The molecule has 10 nitrogen and oxygen atoms in total. The Balaban J connectivity index is 1.32. The number of hydrogen-bond donors (Lipinski definition) is 5. The van der Waals surface area contributed by atoms with Gasteiger partial charge in [0, 0.05) is 12.8 Å². The van der Waals surface area contributed by atoms with Crippen LogP contribution in [0.5, 0.6) is 0 Å². The topological polar surface area (TPSA) is 179 Å². The largest absolute Gasteiger partial charge is 0.481 e. The van der Waals surface area contributed by atoms with Crippen LogP contribution in [0.1, 0.15) is 111 Å². The number of ether oxygens (including phenoxy) is 1. The number of rotatable bonds is 14. The summed E-state index contributed by atoms with van der Waals surface area (Å²) in [5.74, 6) is -1.48. The number of Topliss-reactive ketones (excluding diaryl/α,β-unsaturated/α-hetero) is 1. The Labute approximate surface area is 268 Å². The van der Waals surface area contributed by atoms with Crippen LogP contribution >= 0.6 is 7.72 Å². The standard InChI is InChI=1S/C34H55O10P/c1-20(5-6-21(2)35)25-8-9-26-31-27(12-15-34(25,26)4)33(3)14-11-24(17-23(33)18-28(31)36)44-30(39)13-16-45(42,43)19-22(32(40)41)7-10-29(37)38/h20,22-28,31,36,42-43H,5-19H2,1-4H3,(H-,37,38,40,41)/p+1/t20-,22?,23+,24-,25?,26?,27?,28+,31?,33+,34-/m1/s1. The van der Waals surface area contributed by atoms with Crippen LogP contribution in [-0.2, 0) is 23.9 Å². The Hall–Kier alpha value is -1.61. The van der Waals surface area contributed by atoms with Crippen LogP contribution in [-0.4, -0.2) is 73.3 Å². The van der Waals surface area contributed by atoms with Crippen LogP contribution in [0.4, 0.5) is 0 Å². The van der Waals surface area contributed by atoms with Crippen molar-refractivity contribution in [3.05, 3.63) is 0 Å². The number of carboxylic acid groups (broad SMARTS) is 2. The number of aliphatic carboxylic acids is 2. The van der Waals surface area contributed by atoms with Gasteiger partial charge in [0.15, 0.2) is 0 Å². The van der Waals surface area contributed by atoms with Gasteiger partial charge in [-0.1, -0.05) is 20.8 Å². The molecule has 0 spiro atoms. The van der Waals surface area contributed by atoms with E-state index >= 15 is 0 Å². The molecule has 0 radical (unpaired) electrons. The second kappa shape index (κ2) is 14.2. The lowest BCUT2D eigenvalue weighted by molar-refractivity contribution is -0.182. The summed E-state index contributed by atoms with van der Waals surface area (Å²) in [6.45, 7) is 8.80. The molecule has 11 atom stereocenters. The average molecular weight is 656 g/mol. The Bertz CT molecular complexity index is 1110. The van der Waals surface area contributed by atoms with E-state index in [1.54, 1.807) is 6.92 Å². The molecule has 5 unspecified atom stereocenters. The highest BCUT2D eigenvalue weighted by Crippen LogP contribution is 2.68. The quantitative estimate of drug-likeness (QED) is 0.121. The lowest BCUT2D eigenvalue weighted by Crippen LogP contribution is -2.58. The van der Waals surface area contributed by atoms with E-state index in [2.05, 4.69) is 20.8 Å². The summed E-state index contributed by atoms with van der Waals surface area (Å²) in [7, 11) is -3.74. The Morgan fingerprint density at radius 3 is 2.20 bits per heavy atom. The molecule has 0 aliphatic heterocycles. The van der Waals surface area contributed by atoms with Crippen LogP contribution in [0, 0.1) is 52.3 Å². The van der Waals surface area contributed by atoms with Gasteiger partial charge in [-0.25, -0.2) is 9.79 Å². The summed E-state index contributed by atoms with van der Waals surface area (Å²) < 4.78 is 5.81. The third-order valence-electron chi connectivity index (χ3n) is 12.9. The molecule has 4 aliphatic rings. The molecule has 5 N–H and O–H groups in total. The molecule has 0 amide bonds. The molecule has 4 aliphatic carbocycles. The Morgan fingerprint density at radius 2 is 1.56 bits per heavy atom. The first-order chi connectivity index (χ1) is 21.0. The number of carboxylic acids is 2. The highest BCUT2D eigenvalue weighted by atomic mass is 31.2. The predicted octanol–water partition coefficient (Wildman–Crippen LogP) is 5.32. The second-order valence-electron chi connectivity index (χ2n) is 15.6. The predicted molar refractivity (Wildman–Crippen MR) is 169 cm³/mol. The number of aliphatic hydroxyl groups excluding tert-OH is 1. The minimum absolute atomic E-state index is 0.0607. The smallest absolute Gasteiger partial charge is 0.310 e. The van der Waals surface area contributed by atoms with Crippen molar-refractivity contribution >= 4 is 31.4 Å². The maximum Gasteiger partial charge on any atom is 0.310 e. The Kier molecular flexibility index (Phi) is 11.5. The van der Waals surface area contributed by atoms with Gasteiger partial charge < -0.3 is 24.9 Å². The normalized spacial score (nSPS) is 37.4. The molecule has 45 heavy (non-hydrogen) atoms. The highest BCUT2D eigenvalue weighted by Gasteiger charge is 2.63. The number of aliphatic hydroxyl groups is 1. The minimum atomic E-state index is -3.74. The molecule has 4 fully saturated rings. The molecule has 0 heterocycles. The van der Waals surface area contributed by atoms with Gasteiger partial charge in [0.05, 0.1) is 18.4 Å². The van der Waals surface area contributed by atoms with Gasteiger partial charge in [0.1, 0.15) is 24.2 Å². The molecule has 4 rings (SSSR count). The lowest BCUT2D eigenvalue weighted by atomic mass is 9.43. The summed E-state index contributed by atoms with van der Waals surface area (Å²) in [6.07, 6.45) is 6.79. The minimum Gasteiger partial charge on any atom is -0.481 e. The van der Waals surface area contributed by atoms with Crippen LogP contribution in [0.3, 0.4) is 0 Å². The van der Waals surface area contributed by atoms with Crippen molar-refractivity contribution in [2.45, 2.75) is 123 Å². The lowest BCUT2D eigenvalue weighted by Gasteiger charge is -2.62. The molecule has 4 saturated carbocycles. The fourth-order valence-corrected chi connectivity index (χ4v) is 12.2. The summed E-state index contributed by atoms with van der Waals surface area (Å²) in [5, 5.41) is 29.9. The van der Waals surface area contributed by atoms with Gasteiger partial charge in [-0.2, -0.15) is 0 Å². The zero-order chi connectivity index (χ0) is 33.3. The second-order valence-corrected chi connectivity index (χ2v) is 18.2. The van der Waals surface area contributed by atoms with E-state index in [9.17, 15) is 39.2 Å². The Morgan fingerprint density at radius 1 is 0.889 bits per heavy atom. The van der Waals surface area contributed by atoms with Crippen LogP contribution in [0.2, 0.25) is 0 Å². The molecule has 0 saturated heterocycles. The van der Waals surface area contributed by atoms with Crippen LogP contribution < -0.4 is 0 Å². The fourth-order valence-electron chi connectivity index (χ4n) is 10.4. The van der Waals surface area contributed by atoms with Crippen molar-refractivity contribution in [1.29, 1.82) is 0 Å².